The van der Waals surface area contributed by atoms with Gasteiger partial charge in [0.05, 0.1) is 16.2 Å². The Labute approximate surface area is 141 Å². The molecule has 1 aliphatic heterocycles. The maximum absolute atomic E-state index is 13.2. The van der Waals surface area contributed by atoms with Crippen molar-refractivity contribution in [1.82, 2.24) is 5.32 Å². The van der Waals surface area contributed by atoms with Crippen LogP contribution in [0.3, 0.4) is 0 Å². The molecule has 1 heterocycles. The largest absolute Gasteiger partial charge is 0.366 e. The number of rotatable bonds is 3. The highest BCUT2D eigenvalue weighted by Gasteiger charge is 2.24. The molecule has 5 nitrogen and oxygen atoms in total. The molecule has 0 radical (unpaired) electrons. The summed E-state index contributed by atoms with van der Waals surface area (Å²) in [5.74, 6) is -1.31. The number of amidine groups is 1. The summed E-state index contributed by atoms with van der Waals surface area (Å²) in [4.78, 5) is 28.1. The van der Waals surface area contributed by atoms with E-state index in [1.807, 2.05) is 0 Å². The molecular formula is C17H12FN3O2S. The molecule has 0 aliphatic carbocycles. The average Bonchev–Trinajstić information content (AvgIpc) is 2.87. The highest BCUT2D eigenvalue weighted by atomic mass is 32.2. The highest BCUT2D eigenvalue weighted by molar-refractivity contribution is 8.18. The first-order valence-corrected chi connectivity index (χ1v) is 7.78. The van der Waals surface area contributed by atoms with Gasteiger partial charge in [-0.05, 0) is 47.7 Å². The number of hydrogen-bond donors (Lipinski definition) is 2. The van der Waals surface area contributed by atoms with Crippen molar-refractivity contribution in [3.8, 4) is 0 Å². The zero-order valence-electron chi connectivity index (χ0n) is 12.3. The van der Waals surface area contributed by atoms with Gasteiger partial charge in [0.2, 0.25) is 0 Å². The van der Waals surface area contributed by atoms with Gasteiger partial charge in [0.15, 0.2) is 5.17 Å². The first kappa shape index (κ1) is 15.9. The number of amides is 2. The van der Waals surface area contributed by atoms with Crippen LogP contribution in [-0.2, 0) is 4.79 Å². The molecule has 120 valence electrons. The minimum Gasteiger partial charge on any atom is -0.366 e. The van der Waals surface area contributed by atoms with Crippen molar-refractivity contribution in [2.24, 2.45) is 10.7 Å². The fourth-order valence-electron chi connectivity index (χ4n) is 2.12. The van der Waals surface area contributed by atoms with E-state index in [0.717, 1.165) is 11.8 Å². The number of nitrogens with one attached hydrogen (secondary N) is 1. The zero-order chi connectivity index (χ0) is 17.1. The zero-order valence-corrected chi connectivity index (χ0v) is 13.1. The molecule has 0 spiro atoms. The van der Waals surface area contributed by atoms with Crippen molar-refractivity contribution in [2.75, 3.05) is 0 Å². The molecule has 7 heteroatoms. The Kier molecular flexibility index (Phi) is 4.43. The van der Waals surface area contributed by atoms with Gasteiger partial charge in [-0.25, -0.2) is 9.38 Å². The van der Waals surface area contributed by atoms with Crippen LogP contribution >= 0.6 is 11.8 Å². The third-order valence-electron chi connectivity index (χ3n) is 3.19. The molecule has 2 amide bonds. The van der Waals surface area contributed by atoms with Crippen LogP contribution in [0.5, 0.6) is 0 Å². The van der Waals surface area contributed by atoms with E-state index in [-0.39, 0.29) is 17.3 Å². The summed E-state index contributed by atoms with van der Waals surface area (Å²) in [7, 11) is 0. The molecule has 0 unspecified atom stereocenters. The summed E-state index contributed by atoms with van der Waals surface area (Å²) in [6.07, 6.45) is 1.57. The van der Waals surface area contributed by atoms with Gasteiger partial charge in [-0.15, -0.1) is 0 Å². The van der Waals surface area contributed by atoms with Crippen LogP contribution in [0.2, 0.25) is 0 Å². The number of thioether (sulfide) groups is 1. The van der Waals surface area contributed by atoms with E-state index in [0.29, 0.717) is 21.3 Å². The molecular weight excluding hydrogens is 329 g/mol. The van der Waals surface area contributed by atoms with Gasteiger partial charge in [-0.2, -0.15) is 0 Å². The van der Waals surface area contributed by atoms with E-state index >= 15 is 0 Å². The maximum Gasteiger partial charge on any atom is 0.264 e. The second-order valence-corrected chi connectivity index (χ2v) is 5.95. The number of carbonyl (C=O) groups is 2. The van der Waals surface area contributed by atoms with Crippen molar-refractivity contribution in [1.29, 1.82) is 0 Å². The predicted molar refractivity (Wildman–Crippen MR) is 92.2 cm³/mol. The number of aliphatic imine (C=N–C) groups is 1. The lowest BCUT2D eigenvalue weighted by atomic mass is 10.2. The summed E-state index contributed by atoms with van der Waals surface area (Å²) < 4.78 is 13.2. The van der Waals surface area contributed by atoms with Crippen LogP contribution in [0, 0.1) is 5.82 Å². The Morgan fingerprint density at radius 3 is 2.75 bits per heavy atom. The van der Waals surface area contributed by atoms with E-state index in [1.165, 1.54) is 12.1 Å². The molecule has 3 N–H and O–H groups in total. The van der Waals surface area contributed by atoms with Crippen LogP contribution < -0.4 is 11.1 Å². The lowest BCUT2D eigenvalue weighted by molar-refractivity contribution is -0.115. The molecule has 2 aromatic rings. The molecule has 0 bridgehead atoms. The molecule has 2 aromatic carbocycles. The number of halogens is 1. The maximum atomic E-state index is 13.2. The van der Waals surface area contributed by atoms with Gasteiger partial charge < -0.3 is 11.1 Å². The summed E-state index contributed by atoms with van der Waals surface area (Å²) in [5, 5.41) is 2.94. The van der Waals surface area contributed by atoms with Crippen LogP contribution in [-0.4, -0.2) is 17.0 Å². The minimum atomic E-state index is -0.597. The summed E-state index contributed by atoms with van der Waals surface area (Å²) >= 11 is 1.11. The number of hydrogen-bond acceptors (Lipinski definition) is 4. The topological polar surface area (TPSA) is 84.6 Å². The molecule has 0 saturated carbocycles. The first-order valence-electron chi connectivity index (χ1n) is 6.97. The van der Waals surface area contributed by atoms with Crippen molar-refractivity contribution in [3.63, 3.8) is 0 Å². The molecule has 1 fully saturated rings. The Bertz CT molecular complexity index is 893. The summed E-state index contributed by atoms with van der Waals surface area (Å²) in [6, 6.07) is 12.5. The highest BCUT2D eigenvalue weighted by Crippen LogP contribution is 2.29. The van der Waals surface area contributed by atoms with Crippen LogP contribution in [0.15, 0.2) is 58.4 Å². The van der Waals surface area contributed by atoms with Gasteiger partial charge in [0, 0.05) is 0 Å². The lowest BCUT2D eigenvalue weighted by Crippen LogP contribution is -2.19. The monoisotopic (exact) mass is 341 g/mol. The molecule has 24 heavy (non-hydrogen) atoms. The number of primary amides is 1. The third kappa shape index (κ3) is 3.52. The standard InChI is InChI=1S/C17H12FN3O2S/c18-11-5-3-4-10(8-11)9-14-16(23)21-17(24-14)20-13-7-2-1-6-12(13)15(19)22/h1-9H,(H2,19,22)(H,20,21,23)/b14-9-. The summed E-state index contributed by atoms with van der Waals surface area (Å²) in [6.45, 7) is 0. The van der Waals surface area contributed by atoms with Crippen LogP contribution in [0.25, 0.3) is 6.08 Å². The van der Waals surface area contributed by atoms with Gasteiger partial charge >= 0.3 is 0 Å². The molecule has 3 rings (SSSR count). The number of nitrogens with two attached hydrogens (primary N) is 1. The summed E-state index contributed by atoms with van der Waals surface area (Å²) in [5.41, 5.74) is 6.53. The van der Waals surface area contributed by atoms with Gasteiger partial charge in [0.25, 0.3) is 11.8 Å². The number of carbonyl (C=O) groups excluding carboxylic acids is 2. The Morgan fingerprint density at radius 1 is 1.21 bits per heavy atom. The lowest BCUT2D eigenvalue weighted by Gasteiger charge is -2.01. The van der Waals surface area contributed by atoms with Gasteiger partial charge in [-0.3, -0.25) is 9.59 Å². The van der Waals surface area contributed by atoms with E-state index < -0.39 is 5.91 Å². The minimum absolute atomic E-state index is 0.266. The van der Waals surface area contributed by atoms with Crippen LogP contribution in [0.4, 0.5) is 10.1 Å². The molecule has 0 atom stereocenters. The first-order chi connectivity index (χ1) is 11.5. The van der Waals surface area contributed by atoms with Crippen molar-refractivity contribution < 1.29 is 14.0 Å². The van der Waals surface area contributed by atoms with E-state index in [9.17, 15) is 14.0 Å². The SMILES string of the molecule is NC(=O)c1ccccc1N=C1NC(=O)/C(=C/c2cccc(F)c2)S1. The fourth-order valence-corrected chi connectivity index (χ4v) is 2.95. The average molecular weight is 341 g/mol. The molecule has 1 saturated heterocycles. The normalized spacial score (nSPS) is 17.3. The quantitative estimate of drug-likeness (QED) is 0.842. The van der Waals surface area contributed by atoms with Crippen molar-refractivity contribution >= 4 is 40.5 Å². The molecule has 1 aliphatic rings. The van der Waals surface area contributed by atoms with Crippen molar-refractivity contribution in [3.05, 3.63) is 70.4 Å². The fraction of sp³-hybridized carbons (Fsp3) is 0. The van der Waals surface area contributed by atoms with Crippen molar-refractivity contribution in [2.45, 2.75) is 0 Å². The smallest absolute Gasteiger partial charge is 0.264 e. The second-order valence-electron chi connectivity index (χ2n) is 4.92. The second kappa shape index (κ2) is 6.67. The van der Waals surface area contributed by atoms with E-state index in [1.54, 1.807) is 42.5 Å². The number of benzene rings is 2. The Morgan fingerprint density at radius 2 is 2.00 bits per heavy atom. The Balaban J connectivity index is 1.89. The number of para-hydroxylation sites is 1. The van der Waals surface area contributed by atoms with Gasteiger partial charge in [0.1, 0.15) is 5.82 Å². The predicted octanol–water partition coefficient (Wildman–Crippen LogP) is 2.82. The van der Waals surface area contributed by atoms with Gasteiger partial charge in [-0.1, -0.05) is 24.3 Å². The number of nitrogens with zero attached hydrogens (tertiary/aromatic N) is 1. The van der Waals surface area contributed by atoms with E-state index in [4.69, 9.17) is 5.73 Å². The van der Waals surface area contributed by atoms with Crippen LogP contribution in [0.1, 0.15) is 15.9 Å². The third-order valence-corrected chi connectivity index (χ3v) is 4.10. The van der Waals surface area contributed by atoms with E-state index in [2.05, 4.69) is 10.3 Å². The Hall–Kier alpha value is -2.93. The molecule has 0 aromatic heterocycles.